The number of hydrogen-bond acceptors (Lipinski definition) is 2. The summed E-state index contributed by atoms with van der Waals surface area (Å²) in [5.74, 6) is -0.0618. The molecule has 0 saturated heterocycles. The Bertz CT molecular complexity index is 740. The van der Waals surface area contributed by atoms with E-state index < -0.39 is 0 Å². The summed E-state index contributed by atoms with van der Waals surface area (Å²) in [4.78, 5) is 12.5. The van der Waals surface area contributed by atoms with Crippen molar-refractivity contribution >= 4 is 33.1 Å². The molecule has 0 unspecified atom stereocenters. The largest absolute Gasteiger partial charge is 0.333 e. The first-order valence-corrected chi connectivity index (χ1v) is 7.49. The molecular weight excluding hydrogens is 268 g/mol. The lowest BCUT2D eigenvalue weighted by Crippen LogP contribution is -2.18. The number of carbonyl (C=O) groups is 1. The van der Waals surface area contributed by atoms with Crippen LogP contribution in [0.1, 0.15) is 30.4 Å². The van der Waals surface area contributed by atoms with Crippen molar-refractivity contribution in [3.05, 3.63) is 53.5 Å². The second-order valence-corrected chi connectivity index (χ2v) is 5.93. The normalized spacial score (nSPS) is 11.2. The average molecular weight is 284 g/mol. The minimum atomic E-state index is -0.0618. The maximum atomic E-state index is 12.5. The van der Waals surface area contributed by atoms with Crippen molar-refractivity contribution in [2.45, 2.75) is 19.9 Å². The first-order valence-electron chi connectivity index (χ1n) is 6.61. The number of nitrogens with one attached hydrogen (secondary N) is 1. The van der Waals surface area contributed by atoms with Crippen LogP contribution in [0.5, 0.6) is 0 Å². The van der Waals surface area contributed by atoms with Gasteiger partial charge >= 0.3 is 0 Å². The Labute approximate surface area is 121 Å². The second kappa shape index (κ2) is 5.13. The molecule has 0 bridgehead atoms. The molecule has 0 aliphatic rings. The van der Waals surface area contributed by atoms with Gasteiger partial charge in [0.25, 0.3) is 5.91 Å². The number of benzene rings is 1. The third-order valence-electron chi connectivity index (χ3n) is 3.24. The summed E-state index contributed by atoms with van der Waals surface area (Å²) in [5, 5.41) is 5.01. The van der Waals surface area contributed by atoms with Crippen molar-refractivity contribution in [2.24, 2.45) is 0 Å². The summed E-state index contributed by atoms with van der Waals surface area (Å²) in [7, 11) is 0. The van der Waals surface area contributed by atoms with Crippen LogP contribution in [0, 0.1) is 0 Å². The van der Waals surface area contributed by atoms with E-state index in [-0.39, 0.29) is 11.9 Å². The number of hydrogen-bond donors (Lipinski definition) is 1. The van der Waals surface area contributed by atoms with Gasteiger partial charge in [-0.15, -0.1) is 11.3 Å². The summed E-state index contributed by atoms with van der Waals surface area (Å²) < 4.78 is 3.24. The highest BCUT2D eigenvalue weighted by atomic mass is 32.1. The van der Waals surface area contributed by atoms with Gasteiger partial charge in [0.2, 0.25) is 0 Å². The Morgan fingerprint density at radius 3 is 2.65 bits per heavy atom. The van der Waals surface area contributed by atoms with Gasteiger partial charge in [0.1, 0.15) is 5.69 Å². The molecule has 0 radical (unpaired) electrons. The topological polar surface area (TPSA) is 34.0 Å². The maximum Gasteiger partial charge on any atom is 0.272 e. The Balaban J connectivity index is 1.99. The van der Waals surface area contributed by atoms with E-state index in [0.29, 0.717) is 5.69 Å². The number of fused-ring (bicyclic) bond motifs is 1. The lowest BCUT2D eigenvalue weighted by Gasteiger charge is -2.14. The van der Waals surface area contributed by atoms with Crippen LogP contribution in [0.3, 0.4) is 0 Å². The number of amides is 1. The van der Waals surface area contributed by atoms with E-state index in [2.05, 4.69) is 35.2 Å². The predicted molar refractivity (Wildman–Crippen MR) is 84.6 cm³/mol. The van der Waals surface area contributed by atoms with Gasteiger partial charge in [-0.25, -0.2) is 0 Å². The minimum Gasteiger partial charge on any atom is -0.333 e. The van der Waals surface area contributed by atoms with Crippen LogP contribution in [-0.2, 0) is 0 Å². The van der Waals surface area contributed by atoms with Gasteiger partial charge in [-0.3, -0.25) is 4.79 Å². The molecular formula is C16H16N2OS. The zero-order chi connectivity index (χ0) is 14.1. The molecule has 2 heterocycles. The van der Waals surface area contributed by atoms with E-state index in [9.17, 15) is 4.79 Å². The Morgan fingerprint density at radius 1 is 1.20 bits per heavy atom. The van der Waals surface area contributed by atoms with Gasteiger partial charge in [0, 0.05) is 11.7 Å². The molecule has 3 rings (SSSR count). The summed E-state index contributed by atoms with van der Waals surface area (Å²) in [6.45, 7) is 4.19. The fraction of sp³-hybridized carbons (Fsp3) is 0.188. The van der Waals surface area contributed by atoms with Crippen molar-refractivity contribution in [1.82, 2.24) is 4.57 Å². The van der Waals surface area contributed by atoms with Crippen molar-refractivity contribution in [3.63, 3.8) is 0 Å². The number of nitrogens with zero attached hydrogens (tertiary/aromatic N) is 1. The van der Waals surface area contributed by atoms with Gasteiger partial charge in [-0.05, 0) is 43.5 Å². The van der Waals surface area contributed by atoms with Gasteiger partial charge in [0.05, 0.1) is 10.2 Å². The first kappa shape index (κ1) is 12.9. The standard InChI is InChI=1S/C16H16N2OS/c1-11(2)18-13-8-9-20-15(13)10-14(18)16(19)17-12-6-4-3-5-7-12/h3-11H,1-2H3,(H,17,19). The predicted octanol–water partition coefficient (Wildman–Crippen LogP) is 4.54. The van der Waals surface area contributed by atoms with E-state index in [1.54, 1.807) is 11.3 Å². The molecule has 102 valence electrons. The monoisotopic (exact) mass is 284 g/mol. The second-order valence-electron chi connectivity index (χ2n) is 4.98. The fourth-order valence-electron chi connectivity index (χ4n) is 2.39. The van der Waals surface area contributed by atoms with Crippen LogP contribution in [-0.4, -0.2) is 10.5 Å². The van der Waals surface area contributed by atoms with Crippen LogP contribution >= 0.6 is 11.3 Å². The maximum absolute atomic E-state index is 12.5. The van der Waals surface area contributed by atoms with Crippen molar-refractivity contribution in [1.29, 1.82) is 0 Å². The Morgan fingerprint density at radius 2 is 1.95 bits per heavy atom. The molecule has 1 N–H and O–H groups in total. The lowest BCUT2D eigenvalue weighted by atomic mass is 10.3. The average Bonchev–Trinajstić information content (AvgIpc) is 2.98. The van der Waals surface area contributed by atoms with Crippen molar-refractivity contribution in [3.8, 4) is 0 Å². The minimum absolute atomic E-state index is 0.0618. The molecule has 1 amide bonds. The highest BCUT2D eigenvalue weighted by Gasteiger charge is 2.18. The van der Waals surface area contributed by atoms with Crippen LogP contribution in [0.4, 0.5) is 5.69 Å². The molecule has 4 heteroatoms. The summed E-state index contributed by atoms with van der Waals surface area (Å²) >= 11 is 1.66. The highest BCUT2D eigenvalue weighted by molar-refractivity contribution is 7.17. The number of rotatable bonds is 3. The Hall–Kier alpha value is -2.07. The molecule has 0 saturated carbocycles. The van der Waals surface area contributed by atoms with Gasteiger partial charge in [-0.1, -0.05) is 18.2 Å². The molecule has 1 aromatic carbocycles. The number of para-hydroxylation sites is 1. The van der Waals surface area contributed by atoms with Crippen LogP contribution in [0.15, 0.2) is 47.8 Å². The molecule has 0 spiro atoms. The quantitative estimate of drug-likeness (QED) is 0.753. The first-order chi connectivity index (χ1) is 9.66. The zero-order valence-electron chi connectivity index (χ0n) is 11.5. The zero-order valence-corrected chi connectivity index (χ0v) is 12.3. The third-order valence-corrected chi connectivity index (χ3v) is 4.09. The fourth-order valence-corrected chi connectivity index (χ4v) is 3.20. The third kappa shape index (κ3) is 2.23. The molecule has 20 heavy (non-hydrogen) atoms. The van der Waals surface area contributed by atoms with E-state index in [0.717, 1.165) is 15.9 Å². The number of thiophene rings is 1. The molecule has 0 aliphatic heterocycles. The summed E-state index contributed by atoms with van der Waals surface area (Å²) in [6.07, 6.45) is 0. The molecule has 0 fully saturated rings. The molecule has 2 aromatic heterocycles. The van der Waals surface area contributed by atoms with Crippen molar-refractivity contribution in [2.75, 3.05) is 5.32 Å². The highest BCUT2D eigenvalue weighted by Crippen LogP contribution is 2.28. The summed E-state index contributed by atoms with van der Waals surface area (Å²) in [6, 6.07) is 13.8. The number of carbonyl (C=O) groups excluding carboxylic acids is 1. The van der Waals surface area contributed by atoms with Crippen molar-refractivity contribution < 1.29 is 4.79 Å². The van der Waals surface area contributed by atoms with Gasteiger partial charge in [0.15, 0.2) is 0 Å². The van der Waals surface area contributed by atoms with E-state index in [1.807, 2.05) is 36.4 Å². The van der Waals surface area contributed by atoms with Crippen LogP contribution < -0.4 is 5.32 Å². The van der Waals surface area contributed by atoms with Crippen LogP contribution in [0.25, 0.3) is 10.2 Å². The van der Waals surface area contributed by atoms with Gasteiger partial charge < -0.3 is 9.88 Å². The smallest absolute Gasteiger partial charge is 0.272 e. The van der Waals surface area contributed by atoms with E-state index in [4.69, 9.17) is 0 Å². The van der Waals surface area contributed by atoms with Gasteiger partial charge in [-0.2, -0.15) is 0 Å². The molecule has 0 atom stereocenters. The number of anilines is 1. The SMILES string of the molecule is CC(C)n1c(C(=O)Nc2ccccc2)cc2sccc21. The Kier molecular flexibility index (Phi) is 3.32. The molecule has 0 aliphatic carbocycles. The van der Waals surface area contributed by atoms with E-state index >= 15 is 0 Å². The molecule has 3 aromatic rings. The van der Waals surface area contributed by atoms with Crippen LogP contribution in [0.2, 0.25) is 0 Å². The number of aromatic nitrogens is 1. The van der Waals surface area contributed by atoms with E-state index in [1.165, 1.54) is 0 Å². The molecule has 3 nitrogen and oxygen atoms in total. The summed E-state index contributed by atoms with van der Waals surface area (Å²) in [5.41, 5.74) is 2.66. The lowest BCUT2D eigenvalue weighted by molar-refractivity contribution is 0.101.